The first-order valence-corrected chi connectivity index (χ1v) is 7.05. The minimum Gasteiger partial charge on any atom is -0.383 e. The van der Waals surface area contributed by atoms with Crippen molar-refractivity contribution in [2.45, 2.75) is 12.5 Å². The third kappa shape index (κ3) is 4.12. The van der Waals surface area contributed by atoms with Gasteiger partial charge in [-0.2, -0.15) is 0 Å². The van der Waals surface area contributed by atoms with Crippen LogP contribution >= 0.6 is 0 Å². The van der Waals surface area contributed by atoms with Crippen LogP contribution < -0.4 is 11.5 Å². The number of aromatic nitrogens is 1. The minimum absolute atomic E-state index is 0.0754. The van der Waals surface area contributed by atoms with Crippen LogP contribution in [0.15, 0.2) is 18.3 Å². The van der Waals surface area contributed by atoms with Crippen molar-refractivity contribution in [1.29, 1.82) is 0 Å². The fourth-order valence-corrected chi connectivity index (χ4v) is 1.98. The van der Waals surface area contributed by atoms with Crippen molar-refractivity contribution in [3.05, 3.63) is 23.9 Å². The average Bonchev–Trinajstić information content (AvgIpc) is 2.24. The first-order valence-electron chi connectivity index (χ1n) is 4.99. The zero-order chi connectivity index (χ0) is 13.1. The third-order valence-electron chi connectivity index (χ3n) is 2.24. The van der Waals surface area contributed by atoms with E-state index in [1.54, 1.807) is 6.07 Å². The smallest absolute Gasteiger partial charge is 0.183 e. The molecule has 1 heterocycles. The van der Waals surface area contributed by atoms with E-state index in [9.17, 15) is 13.2 Å². The summed E-state index contributed by atoms with van der Waals surface area (Å²) in [5, 5.41) is 0. The van der Waals surface area contributed by atoms with E-state index < -0.39 is 15.9 Å². The molecule has 94 valence electrons. The molecular formula is C10H15N3O3S. The Morgan fingerprint density at radius 1 is 1.53 bits per heavy atom. The molecule has 1 aromatic rings. The van der Waals surface area contributed by atoms with Crippen molar-refractivity contribution in [3.63, 3.8) is 0 Å². The number of rotatable bonds is 5. The van der Waals surface area contributed by atoms with Crippen LogP contribution in [0.4, 0.5) is 5.82 Å². The maximum absolute atomic E-state index is 11.8. The molecular weight excluding hydrogens is 242 g/mol. The predicted octanol–water partition coefficient (Wildman–Crippen LogP) is -0.391. The maximum atomic E-state index is 11.8. The summed E-state index contributed by atoms with van der Waals surface area (Å²) in [5.74, 6) is -0.411. The first kappa shape index (κ1) is 13.6. The van der Waals surface area contributed by atoms with Crippen molar-refractivity contribution >= 4 is 21.4 Å². The highest BCUT2D eigenvalue weighted by atomic mass is 32.2. The van der Waals surface area contributed by atoms with E-state index in [2.05, 4.69) is 4.98 Å². The number of ketones is 1. The lowest BCUT2D eigenvalue weighted by atomic mass is 10.0. The molecule has 0 aromatic carbocycles. The van der Waals surface area contributed by atoms with Crippen LogP contribution in [0.3, 0.4) is 0 Å². The highest BCUT2D eigenvalue weighted by Gasteiger charge is 2.19. The number of nitrogens with zero attached hydrogens (tertiary/aromatic N) is 1. The molecule has 6 nitrogen and oxygen atoms in total. The van der Waals surface area contributed by atoms with Gasteiger partial charge < -0.3 is 11.5 Å². The molecule has 0 amide bonds. The summed E-state index contributed by atoms with van der Waals surface area (Å²) >= 11 is 0. The molecule has 4 N–H and O–H groups in total. The van der Waals surface area contributed by atoms with Gasteiger partial charge in [0.25, 0.3) is 0 Å². The van der Waals surface area contributed by atoms with E-state index in [1.165, 1.54) is 12.3 Å². The molecule has 0 aliphatic rings. The maximum Gasteiger partial charge on any atom is 0.183 e. The summed E-state index contributed by atoms with van der Waals surface area (Å²) in [5.41, 5.74) is 11.4. The molecule has 0 fully saturated rings. The Balaban J connectivity index is 2.74. The summed E-state index contributed by atoms with van der Waals surface area (Å²) in [6.07, 6.45) is 2.64. The Morgan fingerprint density at radius 2 is 2.18 bits per heavy atom. The van der Waals surface area contributed by atoms with Gasteiger partial charge in [0.05, 0.1) is 17.4 Å². The lowest BCUT2D eigenvalue weighted by Crippen LogP contribution is -2.33. The molecule has 0 saturated heterocycles. The van der Waals surface area contributed by atoms with Crippen molar-refractivity contribution in [3.8, 4) is 0 Å². The number of pyridine rings is 1. The Bertz CT molecular complexity index is 513. The topological polar surface area (TPSA) is 116 Å². The van der Waals surface area contributed by atoms with Gasteiger partial charge in [0.15, 0.2) is 5.78 Å². The number of nitrogens with two attached hydrogens (primary N) is 2. The normalized spacial score (nSPS) is 13.3. The Hall–Kier alpha value is -1.47. The molecule has 1 atom stereocenters. The van der Waals surface area contributed by atoms with E-state index in [1.807, 2.05) is 0 Å². The number of carbonyl (C=O) groups is 1. The van der Waals surface area contributed by atoms with E-state index >= 15 is 0 Å². The molecule has 0 aliphatic carbocycles. The van der Waals surface area contributed by atoms with Gasteiger partial charge in [-0.05, 0) is 18.6 Å². The van der Waals surface area contributed by atoms with Gasteiger partial charge in [-0.15, -0.1) is 0 Å². The molecule has 1 rings (SSSR count). The highest BCUT2D eigenvalue weighted by molar-refractivity contribution is 7.90. The summed E-state index contributed by atoms with van der Waals surface area (Å²) in [6.45, 7) is 0. The van der Waals surface area contributed by atoms with Gasteiger partial charge >= 0.3 is 0 Å². The van der Waals surface area contributed by atoms with Crippen LogP contribution in [-0.2, 0) is 9.84 Å². The van der Waals surface area contributed by atoms with Crippen LogP contribution in [-0.4, -0.2) is 37.2 Å². The molecule has 0 radical (unpaired) electrons. The summed E-state index contributed by atoms with van der Waals surface area (Å²) < 4.78 is 21.9. The van der Waals surface area contributed by atoms with Gasteiger partial charge in [-0.3, -0.25) is 4.79 Å². The fraction of sp³-hybridized carbons (Fsp3) is 0.400. The molecule has 0 bridgehead atoms. The van der Waals surface area contributed by atoms with Crippen molar-refractivity contribution < 1.29 is 13.2 Å². The van der Waals surface area contributed by atoms with Crippen LogP contribution in [0.25, 0.3) is 0 Å². The quantitative estimate of drug-likeness (QED) is 0.694. The summed E-state index contributed by atoms with van der Waals surface area (Å²) in [4.78, 5) is 15.6. The fourth-order valence-electron chi connectivity index (χ4n) is 1.30. The predicted molar refractivity (Wildman–Crippen MR) is 65.3 cm³/mol. The lowest BCUT2D eigenvalue weighted by Gasteiger charge is -2.10. The number of anilines is 1. The zero-order valence-corrected chi connectivity index (χ0v) is 10.3. The largest absolute Gasteiger partial charge is 0.383 e. The Morgan fingerprint density at radius 3 is 2.71 bits per heavy atom. The monoisotopic (exact) mass is 257 g/mol. The molecule has 0 aliphatic heterocycles. The van der Waals surface area contributed by atoms with Crippen molar-refractivity contribution in [2.75, 3.05) is 17.7 Å². The highest BCUT2D eigenvalue weighted by Crippen LogP contribution is 2.11. The second kappa shape index (κ2) is 5.24. The summed E-state index contributed by atoms with van der Waals surface area (Å²) in [6, 6.07) is 2.22. The minimum atomic E-state index is -3.12. The van der Waals surface area contributed by atoms with Crippen LogP contribution in [0, 0.1) is 0 Å². The SMILES string of the molecule is CS(=O)(=O)CCC(N)C(=O)c1cccnc1N. The van der Waals surface area contributed by atoms with Crippen LogP contribution in [0.2, 0.25) is 0 Å². The van der Waals surface area contributed by atoms with E-state index in [0.717, 1.165) is 6.26 Å². The van der Waals surface area contributed by atoms with Crippen molar-refractivity contribution in [1.82, 2.24) is 4.98 Å². The van der Waals surface area contributed by atoms with Gasteiger partial charge in [0.1, 0.15) is 15.7 Å². The van der Waals surface area contributed by atoms with Crippen LogP contribution in [0.5, 0.6) is 0 Å². The Labute approximate surface area is 99.9 Å². The second-order valence-corrected chi connectivity index (χ2v) is 6.09. The number of Topliss-reactive ketones (excluding diaryl/α,β-unsaturated/α-hetero) is 1. The number of sulfone groups is 1. The number of carbonyl (C=O) groups excluding carboxylic acids is 1. The van der Waals surface area contributed by atoms with E-state index in [4.69, 9.17) is 11.5 Å². The average molecular weight is 257 g/mol. The molecule has 1 aromatic heterocycles. The first-order chi connectivity index (χ1) is 7.81. The molecule has 0 spiro atoms. The number of nitrogen functional groups attached to an aromatic ring is 1. The zero-order valence-electron chi connectivity index (χ0n) is 9.46. The second-order valence-electron chi connectivity index (χ2n) is 3.83. The molecule has 0 saturated carbocycles. The van der Waals surface area contributed by atoms with Crippen LogP contribution in [0.1, 0.15) is 16.8 Å². The van der Waals surface area contributed by atoms with Crippen molar-refractivity contribution in [2.24, 2.45) is 5.73 Å². The standard InChI is InChI=1S/C10H15N3O3S/c1-17(15,16)6-4-8(11)9(14)7-3-2-5-13-10(7)12/h2-3,5,8H,4,6,11H2,1H3,(H2,12,13). The van der Waals surface area contributed by atoms with Gasteiger partial charge in [-0.25, -0.2) is 13.4 Å². The van der Waals surface area contributed by atoms with Gasteiger partial charge in [-0.1, -0.05) is 0 Å². The third-order valence-corrected chi connectivity index (χ3v) is 3.22. The Kier molecular flexibility index (Phi) is 4.19. The van der Waals surface area contributed by atoms with E-state index in [-0.39, 0.29) is 29.3 Å². The summed E-state index contributed by atoms with van der Waals surface area (Å²) in [7, 11) is -3.12. The lowest BCUT2D eigenvalue weighted by molar-refractivity contribution is 0.0960. The molecule has 7 heteroatoms. The van der Waals surface area contributed by atoms with Gasteiger partial charge in [0.2, 0.25) is 0 Å². The van der Waals surface area contributed by atoms with Gasteiger partial charge in [0, 0.05) is 12.5 Å². The molecule has 1 unspecified atom stereocenters. The number of hydrogen-bond donors (Lipinski definition) is 2. The molecule has 17 heavy (non-hydrogen) atoms. The van der Waals surface area contributed by atoms with E-state index in [0.29, 0.717) is 0 Å². The number of hydrogen-bond acceptors (Lipinski definition) is 6.